The fourth-order valence-electron chi connectivity index (χ4n) is 3.48. The number of nitrogens with one attached hydrogen (secondary N) is 1. The molecule has 0 fully saturated rings. The molecule has 5 nitrogen and oxygen atoms in total. The molecule has 1 aliphatic carbocycles. The fraction of sp³-hybridized carbons (Fsp3) is 0.300. The van der Waals surface area contributed by atoms with Crippen molar-refractivity contribution >= 4 is 21.4 Å². The van der Waals surface area contributed by atoms with Crippen LogP contribution in [0.25, 0.3) is 0 Å². The van der Waals surface area contributed by atoms with E-state index in [1.807, 2.05) is 17.5 Å². The lowest BCUT2D eigenvalue weighted by atomic mass is 9.92. The van der Waals surface area contributed by atoms with Gasteiger partial charge in [0, 0.05) is 4.88 Å². The summed E-state index contributed by atoms with van der Waals surface area (Å²) in [6.07, 6.45) is 5.60. The molecule has 1 aliphatic rings. The van der Waals surface area contributed by atoms with Crippen LogP contribution in [0.15, 0.2) is 63.4 Å². The Labute approximate surface area is 162 Å². The number of hydrogen-bond donors (Lipinski definition) is 2. The Morgan fingerprint density at radius 3 is 2.63 bits per heavy atom. The number of hydrogen-bond acceptors (Lipinski definition) is 5. The lowest BCUT2D eigenvalue weighted by Crippen LogP contribution is -2.41. The van der Waals surface area contributed by atoms with Gasteiger partial charge >= 0.3 is 0 Å². The van der Waals surface area contributed by atoms with Gasteiger partial charge in [0.15, 0.2) is 5.60 Å². The lowest BCUT2D eigenvalue weighted by Gasteiger charge is -2.25. The first-order valence-corrected chi connectivity index (χ1v) is 11.3. The van der Waals surface area contributed by atoms with Crippen molar-refractivity contribution in [2.24, 2.45) is 0 Å². The summed E-state index contributed by atoms with van der Waals surface area (Å²) in [6.45, 7) is -0.208. The molecular formula is C20H21NO4S2. The van der Waals surface area contributed by atoms with Gasteiger partial charge in [-0.2, -0.15) is 0 Å². The van der Waals surface area contributed by atoms with Gasteiger partial charge < -0.3 is 9.52 Å². The molecule has 1 aromatic carbocycles. The van der Waals surface area contributed by atoms with E-state index in [1.165, 1.54) is 23.2 Å². The number of aryl methyl sites for hydroxylation is 2. The highest BCUT2D eigenvalue weighted by molar-refractivity contribution is 7.89. The van der Waals surface area contributed by atoms with E-state index in [1.54, 1.807) is 30.3 Å². The van der Waals surface area contributed by atoms with Gasteiger partial charge in [0.1, 0.15) is 5.76 Å². The largest absolute Gasteiger partial charge is 0.466 e. The maximum atomic E-state index is 12.9. The minimum atomic E-state index is -3.76. The highest BCUT2D eigenvalue weighted by Crippen LogP contribution is 2.33. The van der Waals surface area contributed by atoms with Crippen molar-refractivity contribution < 1.29 is 17.9 Å². The van der Waals surface area contributed by atoms with Crippen LogP contribution in [0.1, 0.15) is 34.6 Å². The lowest BCUT2D eigenvalue weighted by molar-refractivity contribution is 0.0655. The number of fused-ring (bicyclic) bond motifs is 1. The van der Waals surface area contributed by atoms with Crippen LogP contribution in [0.4, 0.5) is 0 Å². The third-order valence-electron chi connectivity index (χ3n) is 5.01. The highest BCUT2D eigenvalue weighted by Gasteiger charge is 2.37. The van der Waals surface area contributed by atoms with Crippen LogP contribution in [0.3, 0.4) is 0 Å². The molecule has 0 spiro atoms. The molecule has 0 aliphatic heterocycles. The molecule has 1 atom stereocenters. The zero-order valence-corrected chi connectivity index (χ0v) is 16.4. The Morgan fingerprint density at radius 1 is 1.11 bits per heavy atom. The van der Waals surface area contributed by atoms with E-state index >= 15 is 0 Å². The minimum Gasteiger partial charge on any atom is -0.466 e. The molecule has 0 saturated heterocycles. The van der Waals surface area contributed by atoms with Crippen molar-refractivity contribution in [3.63, 3.8) is 0 Å². The van der Waals surface area contributed by atoms with Crippen molar-refractivity contribution in [3.8, 4) is 0 Å². The average Bonchev–Trinajstić information content (AvgIpc) is 3.40. The van der Waals surface area contributed by atoms with Gasteiger partial charge in [-0.05, 0) is 72.5 Å². The summed E-state index contributed by atoms with van der Waals surface area (Å²) in [4.78, 5) is 0.849. The molecule has 27 heavy (non-hydrogen) atoms. The van der Waals surface area contributed by atoms with E-state index in [9.17, 15) is 13.5 Å². The highest BCUT2D eigenvalue weighted by atomic mass is 32.2. The van der Waals surface area contributed by atoms with E-state index in [0.29, 0.717) is 10.6 Å². The molecule has 142 valence electrons. The molecule has 2 heterocycles. The van der Waals surface area contributed by atoms with Crippen LogP contribution in [0, 0.1) is 0 Å². The van der Waals surface area contributed by atoms with E-state index in [2.05, 4.69) is 4.72 Å². The molecule has 7 heteroatoms. The third-order valence-corrected chi connectivity index (χ3v) is 7.43. The quantitative estimate of drug-likeness (QED) is 0.661. The first-order chi connectivity index (χ1) is 13.0. The first kappa shape index (κ1) is 18.4. The Bertz CT molecular complexity index is 974. The Hall–Kier alpha value is -1.93. The predicted octanol–water partition coefficient (Wildman–Crippen LogP) is 3.43. The van der Waals surface area contributed by atoms with Crippen LogP contribution < -0.4 is 4.72 Å². The minimum absolute atomic E-state index is 0.208. The second-order valence-corrected chi connectivity index (χ2v) is 9.49. The predicted molar refractivity (Wildman–Crippen MR) is 104 cm³/mol. The van der Waals surface area contributed by atoms with Crippen molar-refractivity contribution in [1.82, 2.24) is 4.72 Å². The van der Waals surface area contributed by atoms with E-state index in [4.69, 9.17) is 4.42 Å². The number of rotatable bonds is 6. The van der Waals surface area contributed by atoms with Gasteiger partial charge in [0.05, 0.1) is 17.7 Å². The molecule has 2 N–H and O–H groups in total. The molecule has 0 radical (unpaired) electrons. The first-order valence-electron chi connectivity index (χ1n) is 8.91. The summed E-state index contributed by atoms with van der Waals surface area (Å²) in [5.74, 6) is 0.304. The van der Waals surface area contributed by atoms with E-state index in [0.717, 1.165) is 31.2 Å². The van der Waals surface area contributed by atoms with E-state index < -0.39 is 15.6 Å². The zero-order chi connectivity index (χ0) is 18.9. The average molecular weight is 404 g/mol. The van der Waals surface area contributed by atoms with Crippen LogP contribution in [-0.2, 0) is 28.5 Å². The molecule has 4 rings (SSSR count). The summed E-state index contributed by atoms with van der Waals surface area (Å²) in [7, 11) is -3.76. The number of furan rings is 1. The van der Waals surface area contributed by atoms with Crippen molar-refractivity contribution in [2.75, 3.05) is 6.54 Å². The van der Waals surface area contributed by atoms with Gasteiger partial charge in [-0.15, -0.1) is 11.3 Å². The maximum Gasteiger partial charge on any atom is 0.240 e. The summed E-state index contributed by atoms with van der Waals surface area (Å²) in [6, 6.07) is 12.2. The standard InChI is InChI=1S/C20H21NO4S2/c22-20(18-7-3-11-25-18,19-8-4-12-26-19)14-21-27(23,24)17-10-9-15-5-1-2-6-16(15)13-17/h3-4,7-13,21-22H,1-2,5-6,14H2. The van der Waals surface area contributed by atoms with Gasteiger partial charge in [-0.25, -0.2) is 13.1 Å². The summed E-state index contributed by atoms with van der Waals surface area (Å²) in [5, 5.41) is 13.1. The SMILES string of the molecule is O=S(=O)(NCC(O)(c1ccco1)c1cccs1)c1ccc2c(c1)CCCC2. The van der Waals surface area contributed by atoms with Gasteiger partial charge in [-0.3, -0.25) is 0 Å². The number of sulfonamides is 1. The van der Waals surface area contributed by atoms with Crippen molar-refractivity contribution in [3.05, 3.63) is 75.9 Å². The van der Waals surface area contributed by atoms with E-state index in [-0.39, 0.29) is 11.4 Å². The molecule has 3 aromatic rings. The van der Waals surface area contributed by atoms with Crippen molar-refractivity contribution in [2.45, 2.75) is 36.2 Å². The Morgan fingerprint density at radius 2 is 1.93 bits per heavy atom. The maximum absolute atomic E-state index is 12.9. The molecular weight excluding hydrogens is 382 g/mol. The topological polar surface area (TPSA) is 79.5 Å². The Balaban J connectivity index is 1.61. The van der Waals surface area contributed by atoms with Gasteiger partial charge in [0.25, 0.3) is 0 Å². The third kappa shape index (κ3) is 3.60. The zero-order valence-electron chi connectivity index (χ0n) is 14.7. The number of aliphatic hydroxyl groups is 1. The smallest absolute Gasteiger partial charge is 0.240 e. The van der Waals surface area contributed by atoms with Gasteiger partial charge in [0.2, 0.25) is 10.0 Å². The number of thiophene rings is 1. The molecule has 0 amide bonds. The summed E-state index contributed by atoms with van der Waals surface area (Å²) < 4.78 is 33.7. The summed E-state index contributed by atoms with van der Waals surface area (Å²) in [5.41, 5.74) is 0.772. The second kappa shape index (κ2) is 7.24. The molecule has 2 aromatic heterocycles. The Kier molecular flexibility index (Phi) is 4.94. The molecule has 1 unspecified atom stereocenters. The summed E-state index contributed by atoms with van der Waals surface area (Å²) >= 11 is 1.35. The van der Waals surface area contributed by atoms with Crippen LogP contribution in [0.5, 0.6) is 0 Å². The van der Waals surface area contributed by atoms with Gasteiger partial charge in [-0.1, -0.05) is 12.1 Å². The molecule has 0 bridgehead atoms. The number of benzene rings is 1. The van der Waals surface area contributed by atoms with Crippen LogP contribution in [-0.4, -0.2) is 20.1 Å². The van der Waals surface area contributed by atoms with Crippen LogP contribution >= 0.6 is 11.3 Å². The second-order valence-electron chi connectivity index (χ2n) is 6.78. The molecule has 0 saturated carbocycles. The van der Waals surface area contributed by atoms with Crippen LogP contribution in [0.2, 0.25) is 0 Å². The fourth-order valence-corrected chi connectivity index (χ4v) is 5.42. The van der Waals surface area contributed by atoms with Crippen molar-refractivity contribution in [1.29, 1.82) is 0 Å². The monoisotopic (exact) mass is 403 g/mol. The normalized spacial score (nSPS) is 16.6.